The lowest BCUT2D eigenvalue weighted by Crippen LogP contribution is -2.24. The highest BCUT2D eigenvalue weighted by atomic mass is 32.1. The average molecular weight is 391 g/mol. The van der Waals surface area contributed by atoms with Crippen LogP contribution in [0.4, 0.5) is 5.69 Å². The van der Waals surface area contributed by atoms with E-state index in [4.69, 9.17) is 0 Å². The van der Waals surface area contributed by atoms with Gasteiger partial charge in [0.05, 0.1) is 10.7 Å². The molecule has 0 bridgehead atoms. The van der Waals surface area contributed by atoms with Gasteiger partial charge in [0.25, 0.3) is 5.91 Å². The Hall–Kier alpha value is -2.99. The minimum atomic E-state index is -0.160. The van der Waals surface area contributed by atoms with Gasteiger partial charge in [-0.2, -0.15) is 0 Å². The van der Waals surface area contributed by atoms with E-state index in [1.54, 1.807) is 17.4 Å². The topological polar surface area (TPSA) is 62.3 Å². The summed E-state index contributed by atoms with van der Waals surface area (Å²) in [4.78, 5) is 30.8. The smallest absolute Gasteiger partial charge is 0.255 e. The second kappa shape index (κ2) is 7.94. The number of anilines is 1. The van der Waals surface area contributed by atoms with Crippen molar-refractivity contribution in [1.29, 1.82) is 0 Å². The maximum Gasteiger partial charge on any atom is 0.255 e. The molecule has 0 atom stereocenters. The number of nitrogens with zero attached hydrogens (tertiary/aromatic N) is 2. The van der Waals surface area contributed by atoms with E-state index in [9.17, 15) is 9.59 Å². The predicted octanol–water partition coefficient (Wildman–Crippen LogP) is 4.49. The first kappa shape index (κ1) is 18.4. The van der Waals surface area contributed by atoms with Gasteiger partial charge in [0.2, 0.25) is 5.91 Å². The minimum absolute atomic E-state index is 0.160. The Labute approximate surface area is 168 Å². The van der Waals surface area contributed by atoms with Crippen LogP contribution in [-0.2, 0) is 11.3 Å². The molecule has 0 spiro atoms. The monoisotopic (exact) mass is 391 g/mol. The molecule has 0 saturated carbocycles. The standard InChI is InChI=1S/C22H21N3O2S/c1-15-23-20(14-28-15)17-7-9-19(10-8-17)24-22(27)18-5-2-4-16(12-18)13-25-11-3-6-21(25)26/h2,4-5,7-10,12,14H,3,6,11,13H2,1H3,(H,24,27). The van der Waals surface area contributed by atoms with E-state index in [-0.39, 0.29) is 11.8 Å². The highest BCUT2D eigenvalue weighted by molar-refractivity contribution is 7.09. The van der Waals surface area contributed by atoms with Crippen LogP contribution in [0.15, 0.2) is 53.9 Å². The lowest BCUT2D eigenvalue weighted by molar-refractivity contribution is -0.128. The Morgan fingerprint density at radius 2 is 2.04 bits per heavy atom. The third-order valence-electron chi connectivity index (χ3n) is 4.79. The van der Waals surface area contributed by atoms with Crippen molar-refractivity contribution < 1.29 is 9.59 Å². The van der Waals surface area contributed by atoms with Crippen LogP contribution in [0.2, 0.25) is 0 Å². The third-order valence-corrected chi connectivity index (χ3v) is 5.57. The molecule has 2 amide bonds. The van der Waals surface area contributed by atoms with Gasteiger partial charge in [-0.1, -0.05) is 24.3 Å². The number of nitrogens with one attached hydrogen (secondary N) is 1. The molecule has 0 radical (unpaired) electrons. The quantitative estimate of drug-likeness (QED) is 0.697. The van der Waals surface area contributed by atoms with Crippen molar-refractivity contribution in [2.45, 2.75) is 26.3 Å². The van der Waals surface area contributed by atoms with Gasteiger partial charge in [-0.15, -0.1) is 11.3 Å². The Kier molecular flexibility index (Phi) is 5.21. The summed E-state index contributed by atoms with van der Waals surface area (Å²) in [6.45, 7) is 3.33. The number of aromatic nitrogens is 1. The summed E-state index contributed by atoms with van der Waals surface area (Å²) in [5.41, 5.74) is 4.27. The van der Waals surface area contributed by atoms with Gasteiger partial charge >= 0.3 is 0 Å². The zero-order valence-corrected chi connectivity index (χ0v) is 16.5. The third kappa shape index (κ3) is 4.12. The number of thiazole rings is 1. The summed E-state index contributed by atoms with van der Waals surface area (Å²) < 4.78 is 0. The summed E-state index contributed by atoms with van der Waals surface area (Å²) in [5.74, 6) is 0.0251. The molecule has 1 aliphatic rings. The SMILES string of the molecule is Cc1nc(-c2ccc(NC(=O)c3cccc(CN4CCCC4=O)c3)cc2)cs1. The molecule has 6 heteroatoms. The Bertz CT molecular complexity index is 1010. The first-order valence-corrected chi connectivity index (χ1v) is 10.2. The van der Waals surface area contributed by atoms with Crippen LogP contribution < -0.4 is 5.32 Å². The minimum Gasteiger partial charge on any atom is -0.338 e. The summed E-state index contributed by atoms with van der Waals surface area (Å²) >= 11 is 1.62. The van der Waals surface area contributed by atoms with Crippen LogP contribution in [0.1, 0.15) is 33.8 Å². The molecule has 3 aromatic rings. The van der Waals surface area contributed by atoms with Crippen molar-refractivity contribution >= 4 is 28.8 Å². The van der Waals surface area contributed by atoms with Gasteiger partial charge in [0.1, 0.15) is 0 Å². The summed E-state index contributed by atoms with van der Waals surface area (Å²) in [6.07, 6.45) is 1.53. The number of amides is 2. The van der Waals surface area contributed by atoms with Gasteiger partial charge in [-0.25, -0.2) is 4.98 Å². The van der Waals surface area contributed by atoms with Gasteiger partial charge in [-0.05, 0) is 43.2 Å². The molecule has 1 aliphatic heterocycles. The lowest BCUT2D eigenvalue weighted by Gasteiger charge is -2.16. The molecule has 142 valence electrons. The normalized spacial score (nSPS) is 13.8. The average Bonchev–Trinajstić information content (AvgIpc) is 3.31. The molecular formula is C22H21N3O2S. The number of likely N-dealkylation sites (tertiary alicyclic amines) is 1. The number of carbonyl (C=O) groups is 2. The van der Waals surface area contributed by atoms with E-state index in [2.05, 4.69) is 10.3 Å². The second-order valence-corrected chi connectivity index (χ2v) is 7.96. The molecular weight excluding hydrogens is 370 g/mol. The molecule has 4 rings (SSSR count). The van der Waals surface area contributed by atoms with E-state index >= 15 is 0 Å². The molecule has 1 N–H and O–H groups in total. The van der Waals surface area contributed by atoms with Gasteiger partial charge in [0.15, 0.2) is 0 Å². The van der Waals surface area contributed by atoms with Crippen LogP contribution in [-0.4, -0.2) is 28.2 Å². The molecule has 5 nitrogen and oxygen atoms in total. The number of benzene rings is 2. The molecule has 0 aliphatic carbocycles. The van der Waals surface area contributed by atoms with Gasteiger partial charge in [-0.3, -0.25) is 9.59 Å². The van der Waals surface area contributed by atoms with Crippen LogP contribution >= 0.6 is 11.3 Å². The number of aryl methyl sites for hydroxylation is 1. The largest absolute Gasteiger partial charge is 0.338 e. The fraction of sp³-hybridized carbons (Fsp3) is 0.227. The fourth-order valence-electron chi connectivity index (χ4n) is 3.33. The summed E-state index contributed by atoms with van der Waals surface area (Å²) in [6, 6.07) is 15.1. The van der Waals surface area contributed by atoms with Crippen molar-refractivity contribution in [2.75, 3.05) is 11.9 Å². The van der Waals surface area contributed by atoms with E-state index in [0.717, 1.165) is 40.5 Å². The molecule has 0 unspecified atom stereocenters. The van der Waals surface area contributed by atoms with E-state index in [1.807, 2.05) is 59.7 Å². The number of carbonyl (C=O) groups excluding carboxylic acids is 2. The van der Waals surface area contributed by atoms with Crippen LogP contribution in [0.3, 0.4) is 0 Å². The number of rotatable bonds is 5. The Morgan fingerprint density at radius 3 is 2.71 bits per heavy atom. The van der Waals surface area contributed by atoms with E-state index in [0.29, 0.717) is 18.5 Å². The number of hydrogen-bond donors (Lipinski definition) is 1. The molecule has 2 aromatic carbocycles. The zero-order chi connectivity index (χ0) is 19.5. The van der Waals surface area contributed by atoms with Crippen molar-refractivity contribution in [1.82, 2.24) is 9.88 Å². The van der Waals surface area contributed by atoms with Crippen molar-refractivity contribution in [3.63, 3.8) is 0 Å². The highest BCUT2D eigenvalue weighted by Gasteiger charge is 2.20. The van der Waals surface area contributed by atoms with Crippen molar-refractivity contribution in [3.05, 3.63) is 70.0 Å². The van der Waals surface area contributed by atoms with Crippen LogP contribution in [0.25, 0.3) is 11.3 Å². The predicted molar refractivity (Wildman–Crippen MR) is 111 cm³/mol. The van der Waals surface area contributed by atoms with Crippen molar-refractivity contribution in [3.8, 4) is 11.3 Å². The van der Waals surface area contributed by atoms with E-state index in [1.165, 1.54) is 0 Å². The zero-order valence-electron chi connectivity index (χ0n) is 15.6. The Balaban J connectivity index is 1.43. The fourth-order valence-corrected chi connectivity index (χ4v) is 3.95. The van der Waals surface area contributed by atoms with Crippen molar-refractivity contribution in [2.24, 2.45) is 0 Å². The lowest BCUT2D eigenvalue weighted by atomic mass is 10.1. The second-order valence-electron chi connectivity index (χ2n) is 6.90. The highest BCUT2D eigenvalue weighted by Crippen LogP contribution is 2.23. The van der Waals surface area contributed by atoms with Crippen LogP contribution in [0, 0.1) is 6.92 Å². The van der Waals surface area contributed by atoms with E-state index < -0.39 is 0 Å². The molecule has 2 heterocycles. The summed E-state index contributed by atoms with van der Waals surface area (Å²) in [5, 5.41) is 5.99. The maximum atomic E-state index is 12.6. The number of hydrogen-bond acceptors (Lipinski definition) is 4. The molecule has 1 aromatic heterocycles. The summed E-state index contributed by atoms with van der Waals surface area (Å²) in [7, 11) is 0. The van der Waals surface area contributed by atoms with Gasteiger partial charge < -0.3 is 10.2 Å². The van der Waals surface area contributed by atoms with Crippen LogP contribution in [0.5, 0.6) is 0 Å². The Morgan fingerprint density at radius 1 is 1.21 bits per heavy atom. The first-order chi connectivity index (χ1) is 13.6. The first-order valence-electron chi connectivity index (χ1n) is 9.29. The van der Waals surface area contributed by atoms with Gasteiger partial charge in [0, 0.05) is 41.7 Å². The molecule has 1 fully saturated rings. The maximum absolute atomic E-state index is 12.6. The molecule has 1 saturated heterocycles. The molecule has 28 heavy (non-hydrogen) atoms.